The molecular weight excluding hydrogens is 463 g/mol. The van der Waals surface area contributed by atoms with Crippen LogP contribution >= 0.6 is 11.6 Å². The molecule has 7 nitrogen and oxygen atoms in total. The number of rotatable bonds is 4. The first-order chi connectivity index (χ1) is 15.5. The highest BCUT2D eigenvalue weighted by molar-refractivity contribution is 6.30. The van der Waals surface area contributed by atoms with Crippen LogP contribution in [0.3, 0.4) is 0 Å². The fourth-order valence-electron chi connectivity index (χ4n) is 3.86. The fourth-order valence-corrected chi connectivity index (χ4v) is 4.05. The number of carboxylic acid groups (broad SMARTS) is 1. The van der Waals surface area contributed by atoms with Gasteiger partial charge in [0.05, 0.1) is 0 Å². The molecule has 11 heteroatoms. The molecular formula is C22H21ClF3N3O4. The van der Waals surface area contributed by atoms with Gasteiger partial charge in [0.1, 0.15) is 0 Å². The third-order valence-electron chi connectivity index (χ3n) is 5.71. The minimum absolute atomic E-state index is 0.00139. The van der Waals surface area contributed by atoms with E-state index in [1.54, 1.807) is 36.7 Å². The monoisotopic (exact) mass is 483 g/mol. The SMILES string of the molecule is O=C(NCc1ccncc1)C1CC12CCN(C(=O)c1cccc(Cl)c1)C2.O=C(O)C(F)(F)F. The largest absolute Gasteiger partial charge is 0.490 e. The highest BCUT2D eigenvalue weighted by atomic mass is 35.5. The number of hydrogen-bond acceptors (Lipinski definition) is 4. The second-order valence-electron chi connectivity index (χ2n) is 7.98. The number of aromatic nitrogens is 1. The van der Waals surface area contributed by atoms with E-state index >= 15 is 0 Å². The van der Waals surface area contributed by atoms with Gasteiger partial charge in [-0.3, -0.25) is 14.6 Å². The van der Waals surface area contributed by atoms with Crippen LogP contribution in [0, 0.1) is 11.3 Å². The molecule has 1 aliphatic heterocycles. The number of carbonyl (C=O) groups excluding carboxylic acids is 2. The molecule has 176 valence electrons. The summed E-state index contributed by atoms with van der Waals surface area (Å²) in [6, 6.07) is 10.8. The van der Waals surface area contributed by atoms with Gasteiger partial charge >= 0.3 is 12.1 Å². The van der Waals surface area contributed by atoms with Crippen LogP contribution in [0.15, 0.2) is 48.8 Å². The number of nitrogens with zero attached hydrogens (tertiary/aromatic N) is 2. The second kappa shape index (κ2) is 9.78. The summed E-state index contributed by atoms with van der Waals surface area (Å²) < 4.78 is 31.7. The van der Waals surface area contributed by atoms with E-state index in [1.165, 1.54) is 0 Å². The van der Waals surface area contributed by atoms with Gasteiger partial charge in [-0.15, -0.1) is 0 Å². The van der Waals surface area contributed by atoms with E-state index in [4.69, 9.17) is 21.5 Å². The predicted octanol–water partition coefficient (Wildman–Crippen LogP) is 3.54. The molecule has 0 bridgehead atoms. The smallest absolute Gasteiger partial charge is 0.475 e. The van der Waals surface area contributed by atoms with Gasteiger partial charge in [0, 0.05) is 53.9 Å². The lowest BCUT2D eigenvalue weighted by atomic mass is 10.0. The summed E-state index contributed by atoms with van der Waals surface area (Å²) in [5.74, 6) is -2.68. The van der Waals surface area contributed by atoms with Crippen LogP contribution in [-0.4, -0.2) is 52.0 Å². The maximum atomic E-state index is 12.7. The van der Waals surface area contributed by atoms with Crippen molar-refractivity contribution in [2.24, 2.45) is 11.3 Å². The van der Waals surface area contributed by atoms with Gasteiger partial charge in [0.25, 0.3) is 5.91 Å². The molecule has 1 saturated heterocycles. The van der Waals surface area contributed by atoms with E-state index in [1.807, 2.05) is 17.0 Å². The third kappa shape index (κ3) is 6.22. The standard InChI is InChI=1S/C20H20ClN3O2.C2HF3O2/c21-16-3-1-2-15(10-16)19(26)24-9-6-20(13-24)11-17(20)18(25)23-12-14-4-7-22-8-5-14;3-2(4,5)1(6)7/h1-5,7-8,10,17H,6,9,11-13H2,(H,23,25);(H,6,7). The van der Waals surface area contributed by atoms with Gasteiger partial charge in [-0.2, -0.15) is 13.2 Å². The maximum Gasteiger partial charge on any atom is 0.490 e. The Hall–Kier alpha value is -3.14. The van der Waals surface area contributed by atoms with Gasteiger partial charge in [0.2, 0.25) is 5.91 Å². The Morgan fingerprint density at radius 1 is 1.21 bits per heavy atom. The van der Waals surface area contributed by atoms with Crippen molar-refractivity contribution in [2.45, 2.75) is 25.6 Å². The highest BCUT2D eigenvalue weighted by Crippen LogP contribution is 2.58. The van der Waals surface area contributed by atoms with Gasteiger partial charge < -0.3 is 15.3 Å². The van der Waals surface area contributed by atoms with Crippen molar-refractivity contribution >= 4 is 29.4 Å². The molecule has 2 amide bonds. The first kappa shape index (κ1) is 24.5. The van der Waals surface area contributed by atoms with E-state index in [-0.39, 0.29) is 23.1 Å². The molecule has 2 atom stereocenters. The summed E-state index contributed by atoms with van der Waals surface area (Å²) in [7, 11) is 0. The topological polar surface area (TPSA) is 99.6 Å². The Morgan fingerprint density at radius 2 is 1.88 bits per heavy atom. The van der Waals surface area contributed by atoms with E-state index in [9.17, 15) is 22.8 Å². The van der Waals surface area contributed by atoms with E-state index in [2.05, 4.69) is 10.3 Å². The molecule has 2 fully saturated rings. The fraction of sp³-hybridized carbons (Fsp3) is 0.364. The van der Waals surface area contributed by atoms with Crippen LogP contribution in [0.4, 0.5) is 13.2 Å². The summed E-state index contributed by atoms with van der Waals surface area (Å²) >= 11 is 5.99. The molecule has 2 N–H and O–H groups in total. The number of benzene rings is 1. The number of alkyl halides is 3. The van der Waals surface area contributed by atoms with E-state index in [0.717, 1.165) is 18.4 Å². The summed E-state index contributed by atoms with van der Waals surface area (Å²) in [6.45, 7) is 1.85. The number of carbonyl (C=O) groups is 3. The molecule has 2 heterocycles. The van der Waals surface area contributed by atoms with Crippen molar-refractivity contribution in [1.29, 1.82) is 0 Å². The number of halogens is 4. The van der Waals surface area contributed by atoms with Gasteiger partial charge in [-0.25, -0.2) is 4.79 Å². The molecule has 33 heavy (non-hydrogen) atoms. The zero-order valence-electron chi connectivity index (χ0n) is 17.3. The van der Waals surface area contributed by atoms with Crippen LogP contribution in [0.25, 0.3) is 0 Å². The van der Waals surface area contributed by atoms with E-state index < -0.39 is 12.1 Å². The van der Waals surface area contributed by atoms with Crippen LogP contribution in [0.1, 0.15) is 28.8 Å². The lowest BCUT2D eigenvalue weighted by Crippen LogP contribution is -2.31. The first-order valence-electron chi connectivity index (χ1n) is 10.0. The summed E-state index contributed by atoms with van der Waals surface area (Å²) in [5, 5.41) is 10.7. The van der Waals surface area contributed by atoms with Crippen molar-refractivity contribution in [2.75, 3.05) is 13.1 Å². The van der Waals surface area contributed by atoms with Crippen molar-refractivity contribution in [3.8, 4) is 0 Å². The number of hydrogen-bond donors (Lipinski definition) is 2. The van der Waals surface area contributed by atoms with Crippen LogP contribution in [0.5, 0.6) is 0 Å². The van der Waals surface area contributed by atoms with Crippen molar-refractivity contribution in [1.82, 2.24) is 15.2 Å². The number of amides is 2. The third-order valence-corrected chi connectivity index (χ3v) is 5.94. The zero-order chi connectivity index (χ0) is 24.2. The Labute approximate surface area is 192 Å². The molecule has 2 aliphatic rings. The summed E-state index contributed by atoms with van der Waals surface area (Å²) in [6.07, 6.45) is 0.0912. The second-order valence-corrected chi connectivity index (χ2v) is 8.42. The molecule has 2 aromatic rings. The Bertz CT molecular complexity index is 1040. The minimum Gasteiger partial charge on any atom is -0.475 e. The molecule has 1 aliphatic carbocycles. The molecule has 2 unspecified atom stereocenters. The van der Waals surface area contributed by atoms with Crippen molar-refractivity contribution in [3.63, 3.8) is 0 Å². The number of nitrogens with one attached hydrogen (secondary N) is 1. The number of aliphatic carboxylic acids is 1. The van der Waals surface area contributed by atoms with Gasteiger partial charge in [-0.05, 0) is 48.7 Å². The molecule has 1 saturated carbocycles. The lowest BCUT2D eigenvalue weighted by molar-refractivity contribution is -0.192. The average Bonchev–Trinajstić information content (AvgIpc) is 3.31. The normalized spacial score (nSPS) is 21.2. The first-order valence-corrected chi connectivity index (χ1v) is 10.4. The summed E-state index contributed by atoms with van der Waals surface area (Å²) in [5.41, 5.74) is 1.59. The molecule has 4 rings (SSSR count). The van der Waals surface area contributed by atoms with Crippen molar-refractivity contribution in [3.05, 3.63) is 64.9 Å². The lowest BCUT2D eigenvalue weighted by Gasteiger charge is -2.17. The Kier molecular flexibility index (Phi) is 7.26. The molecule has 1 aromatic heterocycles. The van der Waals surface area contributed by atoms with Crippen LogP contribution < -0.4 is 5.32 Å². The van der Waals surface area contributed by atoms with Gasteiger partial charge in [-0.1, -0.05) is 17.7 Å². The number of likely N-dealkylation sites (tertiary alicyclic amines) is 1. The number of pyridine rings is 1. The molecule has 0 radical (unpaired) electrons. The molecule has 1 aromatic carbocycles. The van der Waals surface area contributed by atoms with Crippen LogP contribution in [-0.2, 0) is 16.1 Å². The zero-order valence-corrected chi connectivity index (χ0v) is 18.1. The Morgan fingerprint density at radius 3 is 2.48 bits per heavy atom. The quantitative estimate of drug-likeness (QED) is 0.693. The Balaban J connectivity index is 0.000000383. The van der Waals surface area contributed by atoms with Crippen LogP contribution in [0.2, 0.25) is 5.02 Å². The van der Waals surface area contributed by atoms with Crippen molar-refractivity contribution < 1.29 is 32.7 Å². The number of carboxylic acids is 1. The predicted molar refractivity (Wildman–Crippen MR) is 112 cm³/mol. The highest BCUT2D eigenvalue weighted by Gasteiger charge is 2.61. The van der Waals surface area contributed by atoms with E-state index in [0.29, 0.717) is 30.2 Å². The molecule has 1 spiro atoms. The average molecular weight is 484 g/mol. The summed E-state index contributed by atoms with van der Waals surface area (Å²) in [4.78, 5) is 39.9. The van der Waals surface area contributed by atoms with Gasteiger partial charge in [0.15, 0.2) is 0 Å². The maximum absolute atomic E-state index is 12.7. The minimum atomic E-state index is -5.08.